The fraction of sp³-hybridized carbons (Fsp3) is 0.600. The lowest BCUT2D eigenvalue weighted by molar-refractivity contribution is 0.144. The summed E-state index contributed by atoms with van der Waals surface area (Å²) in [6.07, 6.45) is -0.641. The van der Waals surface area contributed by atoms with Crippen molar-refractivity contribution in [2.24, 2.45) is 0 Å². The maximum absolute atomic E-state index is 11.4. The molecule has 1 heterocycles. The molecule has 1 rings (SSSR count). The van der Waals surface area contributed by atoms with Gasteiger partial charge in [0, 0.05) is 18.7 Å². The highest BCUT2D eigenvalue weighted by molar-refractivity contribution is 5.06. The third-order valence-electron chi connectivity index (χ3n) is 2.06. The number of hydrogen-bond donors (Lipinski definition) is 2. The molecule has 0 saturated heterocycles. The molecule has 0 aliphatic rings. The lowest BCUT2D eigenvalue weighted by Gasteiger charge is -2.12. The largest absolute Gasteiger partial charge is 0.480 e. The molecular formula is C10H17N3O3. The molecule has 0 aliphatic carbocycles. The second kappa shape index (κ2) is 6.24. The smallest absolute Gasteiger partial charge is 0.267 e. The number of methoxy groups -OCH3 is 1. The first-order valence-corrected chi connectivity index (χ1v) is 5.18. The predicted molar refractivity (Wildman–Crippen MR) is 59.6 cm³/mol. The van der Waals surface area contributed by atoms with E-state index in [2.05, 4.69) is 10.4 Å². The number of likely N-dealkylation sites (N-methyl/N-ethyl adjacent to an activating group) is 1. The molecule has 0 spiro atoms. The summed E-state index contributed by atoms with van der Waals surface area (Å²) in [5, 5.41) is 16.5. The lowest BCUT2D eigenvalue weighted by Crippen LogP contribution is -2.34. The van der Waals surface area contributed by atoms with Gasteiger partial charge in [0.1, 0.15) is 0 Å². The Morgan fingerprint density at radius 1 is 1.62 bits per heavy atom. The molecule has 90 valence electrons. The molecule has 2 N–H and O–H groups in total. The van der Waals surface area contributed by atoms with Crippen molar-refractivity contribution in [2.75, 3.05) is 20.2 Å². The van der Waals surface area contributed by atoms with Crippen LogP contribution < -0.4 is 15.6 Å². The number of rotatable bonds is 6. The minimum Gasteiger partial charge on any atom is -0.480 e. The van der Waals surface area contributed by atoms with Gasteiger partial charge in [-0.3, -0.25) is 4.79 Å². The zero-order valence-corrected chi connectivity index (χ0v) is 9.51. The highest BCUT2D eigenvalue weighted by Gasteiger charge is 2.07. The molecule has 1 aromatic heterocycles. The van der Waals surface area contributed by atoms with Crippen LogP contribution in [0, 0.1) is 0 Å². The maximum atomic E-state index is 11.4. The first-order valence-electron chi connectivity index (χ1n) is 5.18. The van der Waals surface area contributed by atoms with Gasteiger partial charge >= 0.3 is 0 Å². The van der Waals surface area contributed by atoms with E-state index in [1.807, 2.05) is 6.92 Å². The van der Waals surface area contributed by atoms with Crippen LogP contribution in [0.4, 0.5) is 0 Å². The molecule has 0 radical (unpaired) electrons. The fourth-order valence-corrected chi connectivity index (χ4v) is 1.24. The van der Waals surface area contributed by atoms with Gasteiger partial charge in [0.05, 0.1) is 19.8 Å². The van der Waals surface area contributed by atoms with Crippen LogP contribution in [0.2, 0.25) is 0 Å². The molecule has 0 fully saturated rings. The Hall–Kier alpha value is -1.40. The van der Waals surface area contributed by atoms with Gasteiger partial charge in [-0.1, -0.05) is 6.92 Å². The lowest BCUT2D eigenvalue weighted by atomic mass is 10.3. The van der Waals surface area contributed by atoms with Crippen molar-refractivity contribution in [3.63, 3.8) is 0 Å². The minimum absolute atomic E-state index is 0.156. The van der Waals surface area contributed by atoms with Crippen LogP contribution in [0.15, 0.2) is 16.9 Å². The molecule has 16 heavy (non-hydrogen) atoms. The van der Waals surface area contributed by atoms with Crippen LogP contribution in [0.5, 0.6) is 5.88 Å². The summed E-state index contributed by atoms with van der Waals surface area (Å²) in [7, 11) is 1.48. The topological polar surface area (TPSA) is 76.4 Å². The number of nitrogens with zero attached hydrogens (tertiary/aromatic N) is 2. The van der Waals surface area contributed by atoms with E-state index < -0.39 is 6.10 Å². The Morgan fingerprint density at radius 2 is 2.38 bits per heavy atom. The molecule has 0 amide bonds. The summed E-state index contributed by atoms with van der Waals surface area (Å²) in [6.45, 7) is 3.31. The third-order valence-corrected chi connectivity index (χ3v) is 2.06. The van der Waals surface area contributed by atoms with Gasteiger partial charge in [-0.25, -0.2) is 4.68 Å². The van der Waals surface area contributed by atoms with Crippen LogP contribution in [0.1, 0.15) is 6.92 Å². The molecular weight excluding hydrogens is 210 g/mol. The first kappa shape index (κ1) is 12.7. The highest BCUT2D eigenvalue weighted by Crippen LogP contribution is 1.99. The molecule has 6 nitrogen and oxygen atoms in total. The second-order valence-electron chi connectivity index (χ2n) is 3.36. The summed E-state index contributed by atoms with van der Waals surface area (Å²) in [5.41, 5.74) is -0.253. The first-order chi connectivity index (χ1) is 7.67. The average Bonchev–Trinajstić information content (AvgIpc) is 2.29. The van der Waals surface area contributed by atoms with Gasteiger partial charge in [0.25, 0.3) is 5.56 Å². The number of nitrogens with one attached hydrogen (secondary N) is 1. The fourth-order valence-electron chi connectivity index (χ4n) is 1.24. The van der Waals surface area contributed by atoms with Crippen LogP contribution in [0.3, 0.4) is 0 Å². The monoisotopic (exact) mass is 227 g/mol. The van der Waals surface area contributed by atoms with E-state index >= 15 is 0 Å². The van der Waals surface area contributed by atoms with Gasteiger partial charge in [-0.05, 0) is 6.54 Å². The van der Waals surface area contributed by atoms with Crippen LogP contribution >= 0.6 is 0 Å². The van der Waals surface area contributed by atoms with E-state index in [-0.39, 0.29) is 12.1 Å². The van der Waals surface area contributed by atoms with Gasteiger partial charge in [0.15, 0.2) is 0 Å². The Balaban J connectivity index is 2.68. The second-order valence-corrected chi connectivity index (χ2v) is 3.36. The van der Waals surface area contributed by atoms with Crippen molar-refractivity contribution < 1.29 is 9.84 Å². The van der Waals surface area contributed by atoms with E-state index in [9.17, 15) is 9.90 Å². The van der Waals surface area contributed by atoms with E-state index in [1.165, 1.54) is 23.9 Å². The molecule has 0 aromatic carbocycles. The van der Waals surface area contributed by atoms with E-state index in [1.54, 1.807) is 0 Å². The molecule has 0 aliphatic heterocycles. The van der Waals surface area contributed by atoms with Crippen molar-refractivity contribution in [3.8, 4) is 5.88 Å². The van der Waals surface area contributed by atoms with E-state index in [0.717, 1.165) is 6.54 Å². The van der Waals surface area contributed by atoms with Gasteiger partial charge in [-0.2, -0.15) is 0 Å². The van der Waals surface area contributed by atoms with E-state index in [0.29, 0.717) is 12.4 Å². The summed E-state index contributed by atoms with van der Waals surface area (Å²) >= 11 is 0. The molecule has 1 atom stereocenters. The summed E-state index contributed by atoms with van der Waals surface area (Å²) < 4.78 is 6.10. The highest BCUT2D eigenvalue weighted by atomic mass is 16.5. The number of aliphatic hydroxyl groups excluding tert-OH is 1. The summed E-state index contributed by atoms with van der Waals surface area (Å²) in [6, 6.07) is 2.86. The Kier molecular flexibility index (Phi) is 4.94. The molecule has 1 aromatic rings. The van der Waals surface area contributed by atoms with Crippen molar-refractivity contribution in [3.05, 3.63) is 22.5 Å². The van der Waals surface area contributed by atoms with Crippen molar-refractivity contribution in [1.29, 1.82) is 0 Å². The Labute approximate surface area is 93.9 Å². The van der Waals surface area contributed by atoms with Gasteiger partial charge in [0.2, 0.25) is 5.88 Å². The normalized spacial score (nSPS) is 12.4. The Morgan fingerprint density at radius 3 is 3.00 bits per heavy atom. The third kappa shape index (κ3) is 3.63. The molecule has 6 heteroatoms. The van der Waals surface area contributed by atoms with Crippen molar-refractivity contribution in [1.82, 2.24) is 15.1 Å². The van der Waals surface area contributed by atoms with Gasteiger partial charge < -0.3 is 15.2 Å². The summed E-state index contributed by atoms with van der Waals surface area (Å²) in [4.78, 5) is 11.4. The van der Waals surface area contributed by atoms with Gasteiger partial charge in [-0.15, -0.1) is 5.10 Å². The zero-order chi connectivity index (χ0) is 12.0. The zero-order valence-electron chi connectivity index (χ0n) is 9.51. The minimum atomic E-state index is -0.641. The standard InChI is InChI=1S/C10H17N3O3/c1-3-11-6-8(14)7-13-10(15)5-4-9(12-13)16-2/h4-5,8,11,14H,3,6-7H2,1-2H3. The van der Waals surface area contributed by atoms with Crippen LogP contribution in [0.25, 0.3) is 0 Å². The van der Waals surface area contributed by atoms with Crippen LogP contribution in [-0.2, 0) is 6.54 Å². The SMILES string of the molecule is CCNCC(O)Cn1nc(OC)ccc1=O. The quantitative estimate of drug-likeness (QED) is 0.667. The number of ether oxygens (including phenoxy) is 1. The van der Waals surface area contributed by atoms with E-state index in [4.69, 9.17) is 4.74 Å². The molecule has 0 saturated carbocycles. The van der Waals surface area contributed by atoms with Crippen molar-refractivity contribution in [2.45, 2.75) is 19.6 Å². The number of aliphatic hydroxyl groups is 1. The molecule has 0 bridgehead atoms. The number of hydrogen-bond acceptors (Lipinski definition) is 5. The maximum Gasteiger partial charge on any atom is 0.267 e. The predicted octanol–water partition coefficient (Wildman–Crippen LogP) is -0.778. The average molecular weight is 227 g/mol. The molecule has 1 unspecified atom stereocenters. The van der Waals surface area contributed by atoms with Crippen molar-refractivity contribution >= 4 is 0 Å². The Bertz CT molecular complexity index is 378. The number of aromatic nitrogens is 2. The summed E-state index contributed by atoms with van der Waals surface area (Å²) in [5.74, 6) is 0.357. The van der Waals surface area contributed by atoms with Crippen LogP contribution in [-0.4, -0.2) is 41.2 Å².